The smallest absolute Gasteiger partial charge is 0.374 e. The summed E-state index contributed by atoms with van der Waals surface area (Å²) in [5.41, 5.74) is 0.905. The summed E-state index contributed by atoms with van der Waals surface area (Å²) in [6.07, 6.45) is 3.30. The molecule has 0 aliphatic carbocycles. The van der Waals surface area contributed by atoms with E-state index in [0.717, 1.165) is 12.0 Å². The third kappa shape index (κ3) is 7.22. The summed E-state index contributed by atoms with van der Waals surface area (Å²) in [5, 5.41) is 0. The maximum atomic E-state index is 12.3. The molecule has 1 unspecified atom stereocenters. The fourth-order valence-electron chi connectivity index (χ4n) is 2.17. The van der Waals surface area contributed by atoms with Gasteiger partial charge in [-0.2, -0.15) is 0 Å². The molecule has 0 heterocycles. The Morgan fingerprint density at radius 2 is 1.88 bits per heavy atom. The van der Waals surface area contributed by atoms with Crippen LogP contribution in [0.1, 0.15) is 31.7 Å². The Morgan fingerprint density at radius 1 is 1.17 bits per heavy atom. The second-order valence-electron chi connectivity index (χ2n) is 5.33. The number of hydrogen-bond donors (Lipinski definition) is 0. The number of unbranched alkanes of at least 4 members (excludes halogenated alkanes) is 1. The highest BCUT2D eigenvalue weighted by molar-refractivity contribution is 6.33. The molecule has 0 saturated carbocycles. The number of esters is 2. The van der Waals surface area contributed by atoms with Gasteiger partial charge in [-0.05, 0) is 31.7 Å². The lowest BCUT2D eigenvalue weighted by Crippen LogP contribution is -2.27. The molecule has 0 fully saturated rings. The van der Waals surface area contributed by atoms with Gasteiger partial charge in [0.05, 0.1) is 19.1 Å². The molecule has 0 radical (unpaired) electrons. The van der Waals surface area contributed by atoms with E-state index in [1.807, 2.05) is 30.3 Å². The van der Waals surface area contributed by atoms with Crippen LogP contribution in [0.5, 0.6) is 0 Å². The minimum Gasteiger partial charge on any atom is -0.465 e. The first-order valence-electron chi connectivity index (χ1n) is 8.09. The minimum absolute atomic E-state index is 0.125. The molecule has 0 N–H and O–H groups in total. The zero-order chi connectivity index (χ0) is 17.8. The highest BCUT2D eigenvalue weighted by atomic mass is 16.5. The average molecular weight is 332 g/mol. The standard InChI is InChI=1S/C19H24O5/c1-3-5-9-12-24-18(21)16(13-15-10-7-6-8-11-15)14-17(20)19(22)23-4-2/h3,6-8,10-11,16H,1,4-5,9,12-14H2,2H3. The van der Waals surface area contributed by atoms with Crippen LogP contribution in [0.2, 0.25) is 0 Å². The predicted octanol–water partition coefficient (Wildman–Crippen LogP) is 2.88. The van der Waals surface area contributed by atoms with Crippen molar-refractivity contribution >= 4 is 17.7 Å². The molecular weight excluding hydrogens is 308 g/mol. The van der Waals surface area contributed by atoms with Crippen LogP contribution in [-0.4, -0.2) is 30.9 Å². The lowest BCUT2D eigenvalue weighted by atomic mass is 9.94. The molecule has 0 saturated heterocycles. The molecule has 0 spiro atoms. The van der Waals surface area contributed by atoms with Crippen LogP contribution in [0.4, 0.5) is 0 Å². The molecule has 1 aromatic carbocycles. The van der Waals surface area contributed by atoms with Gasteiger partial charge in [-0.1, -0.05) is 36.4 Å². The van der Waals surface area contributed by atoms with Crippen LogP contribution < -0.4 is 0 Å². The Bertz CT molecular complexity index is 550. The predicted molar refractivity (Wildman–Crippen MR) is 90.3 cm³/mol. The number of ether oxygens (including phenoxy) is 2. The Labute approximate surface area is 142 Å². The number of benzene rings is 1. The number of allylic oxidation sites excluding steroid dienone is 1. The number of carbonyl (C=O) groups is 3. The number of Topliss-reactive ketones (excluding diaryl/α,β-unsaturated/α-hetero) is 1. The summed E-state index contributed by atoms with van der Waals surface area (Å²) in [6, 6.07) is 9.32. The van der Waals surface area contributed by atoms with Crippen molar-refractivity contribution in [3.8, 4) is 0 Å². The third-order valence-electron chi connectivity index (χ3n) is 3.39. The van der Waals surface area contributed by atoms with Gasteiger partial charge in [-0.15, -0.1) is 6.58 Å². The van der Waals surface area contributed by atoms with Crippen molar-refractivity contribution in [2.45, 2.75) is 32.6 Å². The van der Waals surface area contributed by atoms with E-state index in [4.69, 9.17) is 9.47 Å². The van der Waals surface area contributed by atoms with E-state index in [2.05, 4.69) is 6.58 Å². The van der Waals surface area contributed by atoms with E-state index < -0.39 is 23.6 Å². The van der Waals surface area contributed by atoms with E-state index in [-0.39, 0.29) is 19.6 Å². The zero-order valence-corrected chi connectivity index (χ0v) is 14.0. The van der Waals surface area contributed by atoms with E-state index in [1.165, 1.54) is 0 Å². The molecule has 24 heavy (non-hydrogen) atoms. The van der Waals surface area contributed by atoms with E-state index in [0.29, 0.717) is 12.8 Å². The molecule has 1 atom stereocenters. The minimum atomic E-state index is -0.907. The summed E-state index contributed by atoms with van der Waals surface area (Å²) < 4.78 is 9.92. The molecule has 0 aliphatic rings. The normalized spacial score (nSPS) is 11.4. The van der Waals surface area contributed by atoms with Crippen molar-refractivity contribution in [3.05, 3.63) is 48.6 Å². The van der Waals surface area contributed by atoms with Crippen LogP contribution in [0.25, 0.3) is 0 Å². The van der Waals surface area contributed by atoms with E-state index >= 15 is 0 Å². The molecule has 0 aromatic heterocycles. The van der Waals surface area contributed by atoms with Gasteiger partial charge in [0.15, 0.2) is 0 Å². The van der Waals surface area contributed by atoms with Gasteiger partial charge in [-0.3, -0.25) is 9.59 Å². The molecule has 0 bridgehead atoms. The average Bonchev–Trinajstić information content (AvgIpc) is 2.59. The van der Waals surface area contributed by atoms with Crippen molar-refractivity contribution in [3.63, 3.8) is 0 Å². The maximum Gasteiger partial charge on any atom is 0.374 e. The fourth-order valence-corrected chi connectivity index (χ4v) is 2.17. The molecule has 0 aliphatic heterocycles. The molecule has 1 aromatic rings. The first kappa shape index (κ1) is 19.6. The third-order valence-corrected chi connectivity index (χ3v) is 3.39. The second kappa shape index (κ2) is 11.2. The number of ketones is 1. The van der Waals surface area contributed by atoms with Gasteiger partial charge < -0.3 is 9.47 Å². The first-order valence-corrected chi connectivity index (χ1v) is 8.09. The van der Waals surface area contributed by atoms with Gasteiger partial charge in [0, 0.05) is 6.42 Å². The summed E-state index contributed by atoms with van der Waals surface area (Å²) >= 11 is 0. The Morgan fingerprint density at radius 3 is 2.50 bits per heavy atom. The van der Waals surface area contributed by atoms with Crippen LogP contribution in [0, 0.1) is 5.92 Å². The van der Waals surface area contributed by atoms with E-state index in [1.54, 1.807) is 13.0 Å². The topological polar surface area (TPSA) is 69.7 Å². The molecule has 130 valence electrons. The van der Waals surface area contributed by atoms with Crippen molar-refractivity contribution in [1.29, 1.82) is 0 Å². The zero-order valence-electron chi connectivity index (χ0n) is 14.0. The lowest BCUT2D eigenvalue weighted by Gasteiger charge is -2.15. The van der Waals surface area contributed by atoms with Crippen LogP contribution in [0.3, 0.4) is 0 Å². The Kier molecular flexibility index (Phi) is 9.12. The first-order chi connectivity index (χ1) is 11.6. The molecule has 5 nitrogen and oxygen atoms in total. The summed E-state index contributed by atoms with van der Waals surface area (Å²) in [5.74, 6) is -2.79. The van der Waals surface area contributed by atoms with Gasteiger partial charge in [0.2, 0.25) is 5.78 Å². The van der Waals surface area contributed by atoms with Crippen molar-refractivity contribution in [2.75, 3.05) is 13.2 Å². The van der Waals surface area contributed by atoms with Gasteiger partial charge in [-0.25, -0.2) is 4.79 Å². The molecular formula is C19H24O5. The van der Waals surface area contributed by atoms with Gasteiger partial charge in [0.1, 0.15) is 0 Å². The number of rotatable bonds is 11. The maximum absolute atomic E-state index is 12.3. The Hall–Kier alpha value is -2.43. The van der Waals surface area contributed by atoms with Crippen molar-refractivity contribution < 1.29 is 23.9 Å². The van der Waals surface area contributed by atoms with E-state index in [9.17, 15) is 14.4 Å². The lowest BCUT2D eigenvalue weighted by molar-refractivity contribution is -0.156. The van der Waals surface area contributed by atoms with Gasteiger partial charge >= 0.3 is 11.9 Å². The van der Waals surface area contributed by atoms with Crippen molar-refractivity contribution in [1.82, 2.24) is 0 Å². The summed E-state index contributed by atoms with van der Waals surface area (Å²) in [4.78, 5) is 35.7. The van der Waals surface area contributed by atoms with Gasteiger partial charge in [0.25, 0.3) is 0 Å². The summed E-state index contributed by atoms with van der Waals surface area (Å²) in [6.45, 7) is 5.63. The highest BCUT2D eigenvalue weighted by Crippen LogP contribution is 2.16. The van der Waals surface area contributed by atoms with Crippen LogP contribution in [0.15, 0.2) is 43.0 Å². The second-order valence-corrected chi connectivity index (χ2v) is 5.33. The molecule has 5 heteroatoms. The monoisotopic (exact) mass is 332 g/mol. The Balaban J connectivity index is 2.71. The SMILES string of the molecule is C=CCCCOC(=O)C(CC(=O)C(=O)OCC)Cc1ccccc1. The number of hydrogen-bond acceptors (Lipinski definition) is 5. The largest absolute Gasteiger partial charge is 0.465 e. The number of carbonyl (C=O) groups excluding carboxylic acids is 3. The fraction of sp³-hybridized carbons (Fsp3) is 0.421. The van der Waals surface area contributed by atoms with Crippen LogP contribution in [-0.2, 0) is 30.3 Å². The van der Waals surface area contributed by atoms with Crippen molar-refractivity contribution in [2.24, 2.45) is 5.92 Å². The molecule has 1 rings (SSSR count). The van der Waals surface area contributed by atoms with Crippen LogP contribution >= 0.6 is 0 Å². The summed E-state index contributed by atoms with van der Waals surface area (Å²) in [7, 11) is 0. The highest BCUT2D eigenvalue weighted by Gasteiger charge is 2.27. The quantitative estimate of drug-likeness (QED) is 0.270. The molecule has 0 amide bonds.